The molecule has 0 bridgehead atoms. The summed E-state index contributed by atoms with van der Waals surface area (Å²) < 4.78 is 47.5. The van der Waals surface area contributed by atoms with Gasteiger partial charge in [0.25, 0.3) is 0 Å². The predicted molar refractivity (Wildman–Crippen MR) is 131 cm³/mol. The lowest BCUT2D eigenvalue weighted by Crippen LogP contribution is -2.36. The van der Waals surface area contributed by atoms with E-state index in [4.69, 9.17) is 4.74 Å². The molecule has 0 spiro atoms. The summed E-state index contributed by atoms with van der Waals surface area (Å²) in [7, 11) is 0. The Morgan fingerprint density at radius 1 is 0.853 bits per heavy atom. The summed E-state index contributed by atoms with van der Waals surface area (Å²) in [6, 6.07) is 20.4. The SMILES string of the molecule is CC(C)Oc1ccc(-n2cnc3cc(C=Cc4ccc(C(C)(C)C(F)(F)F)cc4)ccc32)cc1. The van der Waals surface area contributed by atoms with E-state index in [9.17, 15) is 13.2 Å². The van der Waals surface area contributed by atoms with Gasteiger partial charge in [0.15, 0.2) is 0 Å². The highest BCUT2D eigenvalue weighted by atomic mass is 19.4. The minimum absolute atomic E-state index is 0.121. The Morgan fingerprint density at radius 3 is 2.09 bits per heavy atom. The van der Waals surface area contributed by atoms with Crippen molar-refractivity contribution in [2.45, 2.75) is 45.4 Å². The van der Waals surface area contributed by atoms with E-state index >= 15 is 0 Å². The average molecular weight is 465 g/mol. The van der Waals surface area contributed by atoms with E-state index in [-0.39, 0.29) is 11.7 Å². The maximum Gasteiger partial charge on any atom is 0.397 e. The molecule has 0 atom stereocenters. The second-order valence-electron chi connectivity index (χ2n) is 9.10. The molecule has 0 saturated heterocycles. The van der Waals surface area contributed by atoms with E-state index in [0.717, 1.165) is 33.6 Å². The number of hydrogen-bond donors (Lipinski definition) is 0. The summed E-state index contributed by atoms with van der Waals surface area (Å²) in [6.07, 6.45) is 1.43. The highest BCUT2D eigenvalue weighted by Gasteiger charge is 2.48. The molecule has 0 N–H and O–H groups in total. The lowest BCUT2D eigenvalue weighted by atomic mass is 9.83. The van der Waals surface area contributed by atoms with E-state index in [2.05, 4.69) is 4.98 Å². The lowest BCUT2D eigenvalue weighted by Gasteiger charge is -2.28. The summed E-state index contributed by atoms with van der Waals surface area (Å²) >= 11 is 0. The Kier molecular flexibility index (Phi) is 6.26. The van der Waals surface area contributed by atoms with Gasteiger partial charge in [-0.2, -0.15) is 13.2 Å². The highest BCUT2D eigenvalue weighted by molar-refractivity contribution is 5.82. The fraction of sp³-hybridized carbons (Fsp3) is 0.250. The summed E-state index contributed by atoms with van der Waals surface area (Å²) in [5.74, 6) is 0.825. The van der Waals surface area contributed by atoms with Crippen LogP contribution in [0.2, 0.25) is 0 Å². The van der Waals surface area contributed by atoms with Crippen LogP contribution in [-0.2, 0) is 5.41 Å². The van der Waals surface area contributed by atoms with Crippen LogP contribution in [0.15, 0.2) is 73.1 Å². The van der Waals surface area contributed by atoms with Gasteiger partial charge in [-0.3, -0.25) is 4.57 Å². The number of imidazole rings is 1. The number of fused-ring (bicyclic) bond motifs is 1. The molecule has 34 heavy (non-hydrogen) atoms. The van der Waals surface area contributed by atoms with E-state index in [1.807, 2.05) is 73.0 Å². The smallest absolute Gasteiger partial charge is 0.397 e. The van der Waals surface area contributed by atoms with Crippen molar-refractivity contribution in [3.05, 3.63) is 89.7 Å². The predicted octanol–water partition coefficient (Wildman–Crippen LogP) is 7.82. The van der Waals surface area contributed by atoms with E-state index in [1.165, 1.54) is 26.0 Å². The normalized spacial score (nSPS) is 12.7. The minimum atomic E-state index is -4.30. The lowest BCUT2D eigenvalue weighted by molar-refractivity contribution is -0.180. The van der Waals surface area contributed by atoms with E-state index in [1.54, 1.807) is 18.5 Å². The zero-order valence-electron chi connectivity index (χ0n) is 19.6. The van der Waals surface area contributed by atoms with Crippen LogP contribution < -0.4 is 4.74 Å². The van der Waals surface area contributed by atoms with Gasteiger partial charge in [-0.05, 0) is 80.8 Å². The van der Waals surface area contributed by atoms with Gasteiger partial charge in [-0.15, -0.1) is 0 Å². The summed E-state index contributed by atoms with van der Waals surface area (Å²) in [5, 5.41) is 0. The van der Waals surface area contributed by atoms with Crippen LogP contribution in [0.3, 0.4) is 0 Å². The van der Waals surface area contributed by atoms with Crippen LogP contribution in [0.5, 0.6) is 5.75 Å². The minimum Gasteiger partial charge on any atom is -0.491 e. The van der Waals surface area contributed by atoms with Crippen LogP contribution in [0.1, 0.15) is 44.4 Å². The number of alkyl halides is 3. The molecule has 0 aliphatic carbocycles. The van der Waals surface area contributed by atoms with Crippen molar-refractivity contribution in [3.63, 3.8) is 0 Å². The number of nitrogens with zero attached hydrogens (tertiary/aromatic N) is 2. The topological polar surface area (TPSA) is 27.1 Å². The van der Waals surface area contributed by atoms with Crippen molar-refractivity contribution in [1.82, 2.24) is 9.55 Å². The monoisotopic (exact) mass is 464 g/mol. The van der Waals surface area contributed by atoms with Crippen molar-refractivity contribution in [2.24, 2.45) is 0 Å². The summed E-state index contributed by atoms with van der Waals surface area (Å²) in [4.78, 5) is 4.53. The molecule has 3 aromatic carbocycles. The van der Waals surface area contributed by atoms with Crippen molar-refractivity contribution in [3.8, 4) is 11.4 Å². The van der Waals surface area contributed by atoms with Crippen molar-refractivity contribution in [2.75, 3.05) is 0 Å². The van der Waals surface area contributed by atoms with Gasteiger partial charge in [0.05, 0.1) is 22.6 Å². The van der Waals surface area contributed by atoms with Gasteiger partial charge in [-0.1, -0.05) is 42.5 Å². The van der Waals surface area contributed by atoms with Crippen LogP contribution in [0.4, 0.5) is 13.2 Å². The van der Waals surface area contributed by atoms with Crippen LogP contribution in [-0.4, -0.2) is 21.8 Å². The number of aromatic nitrogens is 2. The molecule has 0 amide bonds. The number of ether oxygens (including phenoxy) is 1. The van der Waals surface area contributed by atoms with Gasteiger partial charge in [0.1, 0.15) is 12.1 Å². The molecule has 6 heteroatoms. The molecule has 1 aromatic heterocycles. The van der Waals surface area contributed by atoms with Gasteiger partial charge >= 0.3 is 6.18 Å². The first-order chi connectivity index (χ1) is 16.0. The Morgan fingerprint density at radius 2 is 1.47 bits per heavy atom. The second-order valence-corrected chi connectivity index (χ2v) is 9.10. The zero-order chi connectivity index (χ0) is 24.5. The molecular formula is C28H27F3N2O. The van der Waals surface area contributed by atoms with Crippen molar-refractivity contribution < 1.29 is 17.9 Å². The second kappa shape index (κ2) is 9.01. The Bertz CT molecular complexity index is 1300. The van der Waals surface area contributed by atoms with Crippen molar-refractivity contribution in [1.29, 1.82) is 0 Å². The van der Waals surface area contributed by atoms with Gasteiger partial charge < -0.3 is 4.74 Å². The molecule has 4 rings (SSSR count). The Labute approximate surface area is 197 Å². The van der Waals surface area contributed by atoms with Crippen molar-refractivity contribution >= 4 is 23.2 Å². The third kappa shape index (κ3) is 4.86. The van der Waals surface area contributed by atoms with Crippen LogP contribution in [0, 0.1) is 0 Å². The summed E-state index contributed by atoms with van der Waals surface area (Å²) in [6.45, 7) is 6.37. The third-order valence-electron chi connectivity index (χ3n) is 5.87. The standard InChI is InChI=1S/C28H27F3N2O/c1-19(2)34-24-14-12-23(13-15-24)33-18-32-25-17-21(9-16-26(25)33)6-5-20-7-10-22(11-8-20)27(3,4)28(29,30)31/h5-19H,1-4H3. The molecule has 4 aromatic rings. The Hall–Kier alpha value is -3.54. The molecule has 3 nitrogen and oxygen atoms in total. The maximum absolute atomic E-state index is 13.3. The number of rotatable bonds is 6. The maximum atomic E-state index is 13.3. The highest BCUT2D eigenvalue weighted by Crippen LogP contribution is 2.40. The molecule has 1 heterocycles. The van der Waals surface area contributed by atoms with E-state index in [0.29, 0.717) is 0 Å². The zero-order valence-corrected chi connectivity index (χ0v) is 19.6. The fourth-order valence-corrected chi connectivity index (χ4v) is 3.66. The largest absolute Gasteiger partial charge is 0.491 e. The first-order valence-electron chi connectivity index (χ1n) is 11.1. The Balaban J connectivity index is 1.52. The molecule has 0 unspecified atom stereocenters. The van der Waals surface area contributed by atoms with Gasteiger partial charge in [-0.25, -0.2) is 4.98 Å². The third-order valence-corrected chi connectivity index (χ3v) is 5.87. The number of hydrogen-bond acceptors (Lipinski definition) is 2. The molecule has 0 fully saturated rings. The number of benzene rings is 3. The van der Waals surface area contributed by atoms with Gasteiger partial charge in [0.2, 0.25) is 0 Å². The van der Waals surface area contributed by atoms with E-state index < -0.39 is 11.6 Å². The first-order valence-corrected chi connectivity index (χ1v) is 11.1. The fourth-order valence-electron chi connectivity index (χ4n) is 3.66. The molecule has 0 aliphatic heterocycles. The molecular weight excluding hydrogens is 437 g/mol. The van der Waals surface area contributed by atoms with Gasteiger partial charge in [0, 0.05) is 5.69 Å². The quantitative estimate of drug-likeness (QED) is 0.272. The van der Waals surface area contributed by atoms with Crippen LogP contribution >= 0.6 is 0 Å². The molecule has 0 saturated carbocycles. The van der Waals surface area contributed by atoms with Crippen LogP contribution in [0.25, 0.3) is 28.9 Å². The number of halogens is 3. The molecule has 0 radical (unpaired) electrons. The molecule has 0 aliphatic rings. The first kappa shape index (κ1) is 23.6. The average Bonchev–Trinajstić information content (AvgIpc) is 3.20. The molecule has 176 valence electrons. The summed E-state index contributed by atoms with van der Waals surface area (Å²) in [5.41, 5.74) is 2.96.